The molecule has 6 heteroatoms. The van der Waals surface area contributed by atoms with Crippen molar-refractivity contribution in [1.29, 1.82) is 0 Å². The molecule has 3 aromatic rings. The first-order valence-electron chi connectivity index (χ1n) is 5.26. The Morgan fingerprint density at radius 1 is 1.29 bits per heavy atom. The van der Waals surface area contributed by atoms with E-state index in [1.165, 1.54) is 0 Å². The molecule has 0 saturated heterocycles. The molecular formula is C11H12N6. The van der Waals surface area contributed by atoms with Gasteiger partial charge in [0.25, 0.3) is 0 Å². The fourth-order valence-corrected chi connectivity index (χ4v) is 1.86. The summed E-state index contributed by atoms with van der Waals surface area (Å²) in [5.41, 5.74) is 8.53. The fourth-order valence-electron chi connectivity index (χ4n) is 1.86. The molecule has 2 N–H and O–H groups in total. The van der Waals surface area contributed by atoms with Crippen LogP contribution >= 0.6 is 0 Å². The lowest BCUT2D eigenvalue weighted by molar-refractivity contribution is 0.754. The first-order chi connectivity index (χ1) is 8.16. The number of aromatic nitrogens is 5. The molecule has 3 heterocycles. The van der Waals surface area contributed by atoms with Gasteiger partial charge in [-0.3, -0.25) is 4.68 Å². The Morgan fingerprint density at radius 2 is 2.12 bits per heavy atom. The van der Waals surface area contributed by atoms with Gasteiger partial charge in [0, 0.05) is 25.5 Å². The average molecular weight is 228 g/mol. The zero-order valence-electron chi connectivity index (χ0n) is 9.62. The van der Waals surface area contributed by atoms with E-state index in [4.69, 9.17) is 5.73 Å². The Labute approximate surface area is 97.7 Å². The number of imidazole rings is 1. The Bertz CT molecular complexity index is 693. The molecule has 3 rings (SSSR count). The van der Waals surface area contributed by atoms with Gasteiger partial charge in [-0.05, 0) is 18.6 Å². The van der Waals surface area contributed by atoms with Crippen LogP contribution < -0.4 is 5.73 Å². The second-order valence-corrected chi connectivity index (χ2v) is 3.95. The lowest BCUT2D eigenvalue weighted by atomic mass is 10.3. The molecule has 0 aliphatic carbocycles. The molecular weight excluding hydrogens is 216 g/mol. The number of pyridine rings is 1. The van der Waals surface area contributed by atoms with Crippen LogP contribution in [-0.4, -0.2) is 24.3 Å². The van der Waals surface area contributed by atoms with E-state index in [-0.39, 0.29) is 0 Å². The van der Waals surface area contributed by atoms with Crippen LogP contribution in [0.15, 0.2) is 24.5 Å². The van der Waals surface area contributed by atoms with Crippen LogP contribution in [0.5, 0.6) is 0 Å². The smallest absolute Gasteiger partial charge is 0.208 e. The van der Waals surface area contributed by atoms with Gasteiger partial charge in [0.2, 0.25) is 5.95 Å². The number of nitrogens with zero attached hydrogens (tertiary/aromatic N) is 5. The third-order valence-corrected chi connectivity index (χ3v) is 2.70. The number of nitrogen functional groups attached to an aromatic ring is 1. The SMILES string of the molecule is Cc1ccnc2c1nc(N)n2-c1ccn(C)n1. The molecule has 3 aromatic heterocycles. The van der Waals surface area contributed by atoms with E-state index in [9.17, 15) is 0 Å². The molecule has 0 aromatic carbocycles. The summed E-state index contributed by atoms with van der Waals surface area (Å²) in [5.74, 6) is 1.13. The van der Waals surface area contributed by atoms with E-state index >= 15 is 0 Å². The maximum Gasteiger partial charge on any atom is 0.208 e. The minimum absolute atomic E-state index is 0.403. The van der Waals surface area contributed by atoms with Crippen LogP contribution in [0.1, 0.15) is 5.56 Å². The average Bonchev–Trinajstić information content (AvgIpc) is 2.82. The molecule has 0 bridgehead atoms. The van der Waals surface area contributed by atoms with Crippen LogP contribution in [0, 0.1) is 6.92 Å². The second-order valence-electron chi connectivity index (χ2n) is 3.95. The number of anilines is 1. The first-order valence-corrected chi connectivity index (χ1v) is 5.26. The van der Waals surface area contributed by atoms with Gasteiger partial charge in [0.15, 0.2) is 11.5 Å². The molecule has 0 amide bonds. The zero-order valence-corrected chi connectivity index (χ0v) is 9.62. The van der Waals surface area contributed by atoms with E-state index in [0.29, 0.717) is 5.95 Å². The van der Waals surface area contributed by atoms with E-state index in [1.54, 1.807) is 15.4 Å². The van der Waals surface area contributed by atoms with Crippen molar-refractivity contribution in [3.63, 3.8) is 0 Å². The maximum atomic E-state index is 5.93. The summed E-state index contributed by atoms with van der Waals surface area (Å²) < 4.78 is 3.47. The molecule has 0 saturated carbocycles. The number of nitrogens with two attached hydrogens (primary N) is 1. The molecule has 0 aliphatic heterocycles. The van der Waals surface area contributed by atoms with Crippen molar-refractivity contribution < 1.29 is 0 Å². The Kier molecular flexibility index (Phi) is 1.91. The number of hydrogen-bond acceptors (Lipinski definition) is 4. The van der Waals surface area contributed by atoms with E-state index in [2.05, 4.69) is 15.1 Å². The highest BCUT2D eigenvalue weighted by Gasteiger charge is 2.13. The maximum absolute atomic E-state index is 5.93. The molecule has 0 atom stereocenters. The van der Waals surface area contributed by atoms with Gasteiger partial charge in [0.05, 0.1) is 0 Å². The fraction of sp³-hybridized carbons (Fsp3) is 0.182. The summed E-state index contributed by atoms with van der Waals surface area (Å²) in [6.07, 6.45) is 3.61. The standard InChI is InChI=1S/C11H12N6/c1-7-3-5-13-10-9(7)14-11(12)17(10)8-4-6-16(2)15-8/h3-6H,1-2H3,(H2,12,14). The van der Waals surface area contributed by atoms with Crippen molar-refractivity contribution in [2.75, 3.05) is 5.73 Å². The van der Waals surface area contributed by atoms with Crippen molar-refractivity contribution in [3.05, 3.63) is 30.1 Å². The van der Waals surface area contributed by atoms with Crippen molar-refractivity contribution in [2.45, 2.75) is 6.92 Å². The summed E-state index contributed by atoms with van der Waals surface area (Å²) in [5, 5.41) is 4.31. The Morgan fingerprint density at radius 3 is 2.82 bits per heavy atom. The Hall–Kier alpha value is -2.37. The Balaban J connectivity index is 2.36. The number of hydrogen-bond donors (Lipinski definition) is 1. The number of rotatable bonds is 1. The molecule has 0 aliphatic rings. The zero-order chi connectivity index (χ0) is 12.0. The highest BCUT2D eigenvalue weighted by atomic mass is 15.3. The van der Waals surface area contributed by atoms with Gasteiger partial charge in [-0.2, -0.15) is 5.10 Å². The van der Waals surface area contributed by atoms with E-state index in [1.807, 2.05) is 32.3 Å². The topological polar surface area (TPSA) is 74.5 Å². The summed E-state index contributed by atoms with van der Waals surface area (Å²) in [4.78, 5) is 8.65. The van der Waals surface area contributed by atoms with Crippen LogP contribution in [0.3, 0.4) is 0 Å². The minimum Gasteiger partial charge on any atom is -0.369 e. The van der Waals surface area contributed by atoms with Gasteiger partial charge in [-0.1, -0.05) is 0 Å². The molecule has 6 nitrogen and oxygen atoms in total. The van der Waals surface area contributed by atoms with E-state index in [0.717, 1.165) is 22.5 Å². The second kappa shape index (κ2) is 3.31. The summed E-state index contributed by atoms with van der Waals surface area (Å²) in [7, 11) is 1.86. The van der Waals surface area contributed by atoms with Crippen molar-refractivity contribution in [3.8, 4) is 5.82 Å². The predicted molar refractivity (Wildman–Crippen MR) is 64.8 cm³/mol. The minimum atomic E-state index is 0.403. The van der Waals surface area contributed by atoms with Gasteiger partial charge in [-0.15, -0.1) is 0 Å². The predicted octanol–water partition coefficient (Wildman–Crippen LogP) is 1.04. The highest BCUT2D eigenvalue weighted by Crippen LogP contribution is 2.21. The quantitative estimate of drug-likeness (QED) is 0.675. The molecule has 0 spiro atoms. The third-order valence-electron chi connectivity index (χ3n) is 2.70. The van der Waals surface area contributed by atoms with Gasteiger partial charge < -0.3 is 5.73 Å². The van der Waals surface area contributed by atoms with Crippen molar-refractivity contribution in [2.24, 2.45) is 7.05 Å². The van der Waals surface area contributed by atoms with Crippen LogP contribution in [0.4, 0.5) is 5.95 Å². The number of fused-ring (bicyclic) bond motifs is 1. The lowest BCUT2D eigenvalue weighted by Gasteiger charge is -2.00. The number of aryl methyl sites for hydroxylation is 2. The lowest BCUT2D eigenvalue weighted by Crippen LogP contribution is -2.02. The van der Waals surface area contributed by atoms with E-state index < -0.39 is 0 Å². The van der Waals surface area contributed by atoms with Crippen molar-refractivity contribution in [1.82, 2.24) is 24.3 Å². The first kappa shape index (κ1) is 9.83. The molecule has 0 radical (unpaired) electrons. The molecule has 86 valence electrons. The summed E-state index contributed by atoms with van der Waals surface area (Å²) in [6.45, 7) is 1.99. The van der Waals surface area contributed by atoms with Crippen LogP contribution in [0.25, 0.3) is 17.0 Å². The van der Waals surface area contributed by atoms with Crippen molar-refractivity contribution >= 4 is 17.1 Å². The summed E-state index contributed by atoms with van der Waals surface area (Å²) >= 11 is 0. The largest absolute Gasteiger partial charge is 0.369 e. The van der Waals surface area contributed by atoms with Gasteiger partial charge in [0.1, 0.15) is 5.52 Å². The molecule has 0 unspecified atom stereocenters. The van der Waals surface area contributed by atoms with Crippen LogP contribution in [-0.2, 0) is 7.05 Å². The highest BCUT2D eigenvalue weighted by molar-refractivity contribution is 5.79. The summed E-state index contributed by atoms with van der Waals surface area (Å²) in [6, 6.07) is 3.79. The van der Waals surface area contributed by atoms with Crippen LogP contribution in [0.2, 0.25) is 0 Å². The third kappa shape index (κ3) is 1.37. The molecule has 17 heavy (non-hydrogen) atoms. The molecule has 0 fully saturated rings. The van der Waals surface area contributed by atoms with Gasteiger partial charge in [-0.25, -0.2) is 14.5 Å². The van der Waals surface area contributed by atoms with Gasteiger partial charge >= 0.3 is 0 Å². The monoisotopic (exact) mass is 228 g/mol. The normalized spacial score (nSPS) is 11.2.